The van der Waals surface area contributed by atoms with Crippen molar-refractivity contribution in [1.82, 2.24) is 5.32 Å². The van der Waals surface area contributed by atoms with Crippen molar-refractivity contribution in [1.29, 1.82) is 0 Å². The van der Waals surface area contributed by atoms with Gasteiger partial charge in [0, 0.05) is 19.4 Å². The first kappa shape index (κ1) is 19.0. The Kier molecular flexibility index (Phi) is 6.12. The molecule has 1 atom stereocenters. The number of hydrogen-bond donors (Lipinski definition) is 2. The van der Waals surface area contributed by atoms with Crippen LogP contribution < -0.4 is 10.1 Å². The summed E-state index contributed by atoms with van der Waals surface area (Å²) in [6.07, 6.45) is 1.98. The maximum absolute atomic E-state index is 12.2. The Morgan fingerprint density at radius 1 is 1.15 bits per heavy atom. The summed E-state index contributed by atoms with van der Waals surface area (Å²) >= 11 is 0. The number of hydrogen-bond acceptors (Lipinski definition) is 3. The Morgan fingerprint density at radius 2 is 1.89 bits per heavy atom. The Labute approximate surface area is 159 Å². The largest absolute Gasteiger partial charge is 0.493 e. The zero-order valence-corrected chi connectivity index (χ0v) is 15.5. The number of aliphatic carboxylic acids is 1. The smallest absolute Gasteiger partial charge is 0.307 e. The zero-order valence-electron chi connectivity index (χ0n) is 15.5. The van der Waals surface area contributed by atoms with Gasteiger partial charge in [0.1, 0.15) is 5.75 Å². The van der Waals surface area contributed by atoms with E-state index in [1.54, 1.807) is 0 Å². The van der Waals surface area contributed by atoms with Crippen molar-refractivity contribution in [3.63, 3.8) is 0 Å². The van der Waals surface area contributed by atoms with Crippen molar-refractivity contribution in [2.75, 3.05) is 13.2 Å². The highest BCUT2D eigenvalue weighted by Gasteiger charge is 2.21. The summed E-state index contributed by atoms with van der Waals surface area (Å²) in [6.45, 7) is 3.20. The van der Waals surface area contributed by atoms with Crippen molar-refractivity contribution in [3.05, 3.63) is 64.7 Å². The van der Waals surface area contributed by atoms with Crippen molar-refractivity contribution in [2.24, 2.45) is 5.92 Å². The van der Waals surface area contributed by atoms with E-state index in [1.165, 1.54) is 5.56 Å². The molecule has 5 nitrogen and oxygen atoms in total. The highest BCUT2D eigenvalue weighted by atomic mass is 16.5. The van der Waals surface area contributed by atoms with Crippen LogP contribution in [0.15, 0.2) is 42.5 Å². The number of amides is 1. The lowest BCUT2D eigenvalue weighted by atomic mass is 9.95. The van der Waals surface area contributed by atoms with Gasteiger partial charge in [-0.15, -0.1) is 0 Å². The van der Waals surface area contributed by atoms with E-state index in [4.69, 9.17) is 4.74 Å². The SMILES string of the molecule is Cc1ccc(CC(CC(=O)NCCc2ccc3c(c2)OCC3)C(=O)O)cc1. The maximum Gasteiger partial charge on any atom is 0.307 e. The van der Waals surface area contributed by atoms with Crippen LogP contribution in [0.4, 0.5) is 0 Å². The first-order valence-electron chi connectivity index (χ1n) is 9.31. The minimum atomic E-state index is -0.943. The number of benzene rings is 2. The average Bonchev–Trinajstić information content (AvgIpc) is 3.10. The Bertz CT molecular complexity index is 814. The zero-order chi connectivity index (χ0) is 19.2. The Hall–Kier alpha value is -2.82. The summed E-state index contributed by atoms with van der Waals surface area (Å²) in [5.74, 6) is -0.961. The summed E-state index contributed by atoms with van der Waals surface area (Å²) < 4.78 is 5.56. The lowest BCUT2D eigenvalue weighted by Crippen LogP contribution is -2.30. The number of aryl methyl sites for hydroxylation is 1. The molecule has 3 rings (SSSR count). The Balaban J connectivity index is 1.47. The molecule has 0 aliphatic carbocycles. The van der Waals surface area contributed by atoms with Gasteiger partial charge in [-0.25, -0.2) is 0 Å². The molecule has 0 saturated carbocycles. The molecule has 1 amide bonds. The molecule has 0 fully saturated rings. The van der Waals surface area contributed by atoms with E-state index in [0.717, 1.165) is 35.5 Å². The van der Waals surface area contributed by atoms with Crippen LogP contribution in [0, 0.1) is 12.8 Å². The number of nitrogens with one attached hydrogen (secondary N) is 1. The molecule has 0 radical (unpaired) electrons. The van der Waals surface area contributed by atoms with E-state index in [2.05, 4.69) is 17.4 Å². The lowest BCUT2D eigenvalue weighted by Gasteiger charge is -2.13. The fourth-order valence-corrected chi connectivity index (χ4v) is 3.26. The highest BCUT2D eigenvalue weighted by molar-refractivity contribution is 5.82. The number of carboxylic acid groups (broad SMARTS) is 1. The molecule has 1 unspecified atom stereocenters. The lowest BCUT2D eigenvalue weighted by molar-refractivity contribution is -0.144. The summed E-state index contributed by atoms with van der Waals surface area (Å²) in [5.41, 5.74) is 4.38. The van der Waals surface area contributed by atoms with E-state index in [-0.39, 0.29) is 12.3 Å². The molecule has 5 heteroatoms. The third-order valence-corrected chi connectivity index (χ3v) is 4.88. The van der Waals surface area contributed by atoms with Crippen LogP contribution in [-0.4, -0.2) is 30.1 Å². The fourth-order valence-electron chi connectivity index (χ4n) is 3.26. The van der Waals surface area contributed by atoms with Crippen molar-refractivity contribution in [3.8, 4) is 5.75 Å². The molecule has 2 aromatic carbocycles. The van der Waals surface area contributed by atoms with Crippen LogP contribution in [0.3, 0.4) is 0 Å². The standard InChI is InChI=1S/C22H25NO4/c1-15-2-4-16(5-3-15)12-19(22(25)26)14-21(24)23-10-8-17-6-7-18-9-11-27-20(18)13-17/h2-7,13,19H,8-12,14H2,1H3,(H,23,24)(H,25,26). The van der Waals surface area contributed by atoms with Crippen LogP contribution in [0.1, 0.15) is 28.7 Å². The van der Waals surface area contributed by atoms with Gasteiger partial charge in [-0.05, 0) is 42.5 Å². The first-order chi connectivity index (χ1) is 13.0. The predicted octanol–water partition coefficient (Wildman–Crippen LogP) is 2.92. The second-order valence-corrected chi connectivity index (χ2v) is 7.07. The number of carbonyl (C=O) groups excluding carboxylic acids is 1. The molecule has 142 valence electrons. The monoisotopic (exact) mass is 367 g/mol. The average molecular weight is 367 g/mol. The second kappa shape index (κ2) is 8.71. The second-order valence-electron chi connectivity index (χ2n) is 7.07. The van der Waals surface area contributed by atoms with Gasteiger partial charge in [0.15, 0.2) is 0 Å². The quantitative estimate of drug-likeness (QED) is 0.752. The van der Waals surface area contributed by atoms with Gasteiger partial charge in [-0.1, -0.05) is 42.0 Å². The van der Waals surface area contributed by atoms with Gasteiger partial charge in [-0.2, -0.15) is 0 Å². The van der Waals surface area contributed by atoms with Crippen LogP contribution >= 0.6 is 0 Å². The van der Waals surface area contributed by atoms with Gasteiger partial charge < -0.3 is 15.2 Å². The molecule has 0 saturated heterocycles. The van der Waals surface area contributed by atoms with Crippen molar-refractivity contribution >= 4 is 11.9 Å². The summed E-state index contributed by atoms with van der Waals surface area (Å²) in [7, 11) is 0. The molecule has 0 spiro atoms. The molecule has 0 bridgehead atoms. The van der Waals surface area contributed by atoms with Crippen LogP contribution in [0.5, 0.6) is 5.75 Å². The number of carboxylic acids is 1. The molecule has 0 aromatic heterocycles. The van der Waals surface area contributed by atoms with Crippen LogP contribution in [0.2, 0.25) is 0 Å². The molecule has 2 N–H and O–H groups in total. The van der Waals surface area contributed by atoms with Gasteiger partial charge in [0.2, 0.25) is 5.91 Å². The number of rotatable bonds is 8. The van der Waals surface area contributed by atoms with Crippen LogP contribution in [-0.2, 0) is 28.9 Å². The highest BCUT2D eigenvalue weighted by Crippen LogP contribution is 2.26. The summed E-state index contributed by atoms with van der Waals surface area (Å²) in [4.78, 5) is 23.7. The van der Waals surface area contributed by atoms with Crippen LogP contribution in [0.25, 0.3) is 0 Å². The number of carbonyl (C=O) groups is 2. The third kappa shape index (κ3) is 5.33. The summed E-state index contributed by atoms with van der Waals surface area (Å²) in [5, 5.41) is 12.3. The molecule has 2 aromatic rings. The van der Waals surface area contributed by atoms with E-state index in [9.17, 15) is 14.7 Å². The van der Waals surface area contributed by atoms with Gasteiger partial charge >= 0.3 is 5.97 Å². The van der Waals surface area contributed by atoms with Crippen molar-refractivity contribution in [2.45, 2.75) is 32.6 Å². The van der Waals surface area contributed by atoms with E-state index >= 15 is 0 Å². The molecule has 27 heavy (non-hydrogen) atoms. The summed E-state index contributed by atoms with van der Waals surface area (Å²) in [6, 6.07) is 13.9. The predicted molar refractivity (Wildman–Crippen MR) is 103 cm³/mol. The van der Waals surface area contributed by atoms with E-state index in [0.29, 0.717) is 19.4 Å². The van der Waals surface area contributed by atoms with E-state index in [1.807, 2.05) is 37.3 Å². The van der Waals surface area contributed by atoms with Crippen molar-refractivity contribution < 1.29 is 19.4 Å². The molecule has 1 aliphatic heterocycles. The van der Waals surface area contributed by atoms with Gasteiger partial charge in [-0.3, -0.25) is 9.59 Å². The first-order valence-corrected chi connectivity index (χ1v) is 9.31. The molecular formula is C22H25NO4. The normalized spacial score (nSPS) is 13.5. The van der Waals surface area contributed by atoms with Gasteiger partial charge in [0.05, 0.1) is 12.5 Å². The third-order valence-electron chi connectivity index (χ3n) is 4.88. The molecular weight excluding hydrogens is 342 g/mol. The topological polar surface area (TPSA) is 75.6 Å². The number of ether oxygens (including phenoxy) is 1. The fraction of sp³-hybridized carbons (Fsp3) is 0.364. The Morgan fingerprint density at radius 3 is 2.63 bits per heavy atom. The maximum atomic E-state index is 12.2. The molecule has 1 heterocycles. The van der Waals surface area contributed by atoms with Gasteiger partial charge in [0.25, 0.3) is 0 Å². The van der Waals surface area contributed by atoms with E-state index < -0.39 is 11.9 Å². The number of fused-ring (bicyclic) bond motifs is 1. The minimum absolute atomic E-state index is 0.0174. The minimum Gasteiger partial charge on any atom is -0.493 e. The molecule has 1 aliphatic rings.